The van der Waals surface area contributed by atoms with Crippen molar-refractivity contribution in [1.29, 1.82) is 0 Å². The maximum atomic E-state index is 13.9. The molecular weight excluding hydrogens is 449 g/mol. The molecule has 0 radical (unpaired) electrons. The minimum absolute atomic E-state index is 0.00533. The largest absolute Gasteiger partial charge is 0.502 e. The van der Waals surface area contributed by atoms with Gasteiger partial charge in [-0.1, -0.05) is 0 Å². The fourth-order valence-corrected chi connectivity index (χ4v) is 3.95. The number of methoxy groups -OCH3 is 1. The van der Waals surface area contributed by atoms with Crippen molar-refractivity contribution in [2.45, 2.75) is 12.6 Å². The molecule has 13 heteroatoms. The number of pyridine rings is 1. The number of rotatable bonds is 6. The van der Waals surface area contributed by atoms with Crippen LogP contribution in [-0.2, 0) is 11.3 Å². The van der Waals surface area contributed by atoms with Crippen LogP contribution in [0.3, 0.4) is 0 Å². The third kappa shape index (κ3) is 3.68. The third-order valence-electron chi connectivity index (χ3n) is 5.49. The molecule has 3 heterocycles. The molecule has 1 aromatic carbocycles. The molecule has 10 nitrogen and oxygen atoms in total. The number of carbonyl (C=O) groups excluding carboxylic acids is 2. The Hall–Kier alpha value is -3.58. The summed E-state index contributed by atoms with van der Waals surface area (Å²) in [4.78, 5) is 39.8. The summed E-state index contributed by atoms with van der Waals surface area (Å²) < 4.78 is 46.9. The van der Waals surface area contributed by atoms with Gasteiger partial charge in [-0.05, 0) is 0 Å². The Morgan fingerprint density at radius 2 is 1.91 bits per heavy atom. The number of aromatic nitrogens is 1. The van der Waals surface area contributed by atoms with Crippen LogP contribution in [0.5, 0.6) is 5.75 Å². The number of benzene rings is 1. The summed E-state index contributed by atoms with van der Waals surface area (Å²) in [5.74, 6) is -6.46. The normalized spacial score (nSPS) is 16.9. The highest BCUT2D eigenvalue weighted by molar-refractivity contribution is 6.00. The lowest BCUT2D eigenvalue weighted by atomic mass is 10.1. The van der Waals surface area contributed by atoms with E-state index in [1.165, 1.54) is 17.0 Å². The topological polar surface area (TPSA) is 124 Å². The van der Waals surface area contributed by atoms with Gasteiger partial charge in [0.05, 0.1) is 18.8 Å². The van der Waals surface area contributed by atoms with Crippen molar-refractivity contribution in [3.8, 4) is 5.75 Å². The zero-order valence-corrected chi connectivity index (χ0v) is 17.3. The van der Waals surface area contributed by atoms with E-state index in [0.29, 0.717) is 12.1 Å². The van der Waals surface area contributed by atoms with Crippen LogP contribution in [-0.4, -0.2) is 65.1 Å². The summed E-state index contributed by atoms with van der Waals surface area (Å²) in [6.07, 6.45) is -1.37. The Morgan fingerprint density at radius 1 is 1.24 bits per heavy atom. The number of hydrogen-bond donors (Lipinski definition) is 3. The number of halogens is 3. The number of aliphatic hydroxyl groups is 1. The molecule has 2 aliphatic rings. The standard InChI is InChI=1S/C20H19F3N4O6/c1-33-3-2-25-8-26-7-13(28)15-14(17(29)18(30)16(20(25)32)27(15)26)19(31)24-6-10-11(22)4-9(21)5-12(10)23/h4-5,13,28,30H,2-3,6-8H2,1H3,(H,24,31). The van der Waals surface area contributed by atoms with Crippen LogP contribution in [0.1, 0.15) is 38.2 Å². The molecule has 2 aliphatic heterocycles. The highest BCUT2D eigenvalue weighted by Gasteiger charge is 2.43. The molecule has 2 amide bonds. The van der Waals surface area contributed by atoms with E-state index in [-0.39, 0.29) is 32.1 Å². The van der Waals surface area contributed by atoms with E-state index in [1.807, 2.05) is 0 Å². The summed E-state index contributed by atoms with van der Waals surface area (Å²) in [6.45, 7) is -0.483. The van der Waals surface area contributed by atoms with Gasteiger partial charge in [-0.25, -0.2) is 17.8 Å². The smallest absolute Gasteiger partial charge is 0.277 e. The number of nitrogens with one attached hydrogen (secondary N) is 1. The summed E-state index contributed by atoms with van der Waals surface area (Å²) in [5.41, 5.74) is -3.19. The minimum Gasteiger partial charge on any atom is -0.502 e. The highest BCUT2D eigenvalue weighted by atomic mass is 19.1. The van der Waals surface area contributed by atoms with Gasteiger partial charge < -0.3 is 25.2 Å². The van der Waals surface area contributed by atoms with Crippen LogP contribution < -0.4 is 15.8 Å². The molecular formula is C20H19F3N4O6. The zero-order chi connectivity index (χ0) is 24.0. The van der Waals surface area contributed by atoms with Crippen LogP contribution >= 0.6 is 0 Å². The van der Waals surface area contributed by atoms with E-state index in [2.05, 4.69) is 5.32 Å². The van der Waals surface area contributed by atoms with Crippen LogP contribution in [0.25, 0.3) is 0 Å². The van der Waals surface area contributed by atoms with Gasteiger partial charge in [-0.2, -0.15) is 0 Å². The van der Waals surface area contributed by atoms with E-state index < -0.39 is 69.9 Å². The Morgan fingerprint density at radius 3 is 2.55 bits per heavy atom. The molecule has 3 N–H and O–H groups in total. The van der Waals surface area contributed by atoms with E-state index in [1.54, 1.807) is 0 Å². The van der Waals surface area contributed by atoms with E-state index >= 15 is 0 Å². The Labute approximate surface area is 184 Å². The molecule has 4 rings (SSSR count). The molecule has 2 aromatic rings. The number of aromatic hydroxyl groups is 1. The lowest BCUT2D eigenvalue weighted by Crippen LogP contribution is -2.53. The highest BCUT2D eigenvalue weighted by Crippen LogP contribution is 2.33. The van der Waals surface area contributed by atoms with Gasteiger partial charge in [-0.15, -0.1) is 0 Å². The van der Waals surface area contributed by atoms with Crippen molar-refractivity contribution >= 4 is 11.8 Å². The van der Waals surface area contributed by atoms with Gasteiger partial charge in [0, 0.05) is 37.9 Å². The van der Waals surface area contributed by atoms with Crippen molar-refractivity contribution in [3.05, 3.63) is 62.3 Å². The van der Waals surface area contributed by atoms with Crippen molar-refractivity contribution in [2.24, 2.45) is 0 Å². The molecule has 0 fully saturated rings. The SMILES string of the molecule is COCCN1CN2CC(O)c3c(C(=O)NCc4c(F)cc(F)cc4F)c(=O)c(O)c(n32)C1=O. The average molecular weight is 468 g/mol. The maximum absolute atomic E-state index is 13.9. The third-order valence-corrected chi connectivity index (χ3v) is 5.49. The summed E-state index contributed by atoms with van der Waals surface area (Å²) >= 11 is 0. The molecule has 0 saturated heterocycles. The lowest BCUT2D eigenvalue weighted by molar-refractivity contribution is 0.0626. The second-order valence-electron chi connectivity index (χ2n) is 7.54. The quantitative estimate of drug-likeness (QED) is 0.543. The van der Waals surface area contributed by atoms with Crippen molar-refractivity contribution < 1.29 is 37.7 Å². The summed E-state index contributed by atoms with van der Waals surface area (Å²) in [5, 5.41) is 24.6. The monoisotopic (exact) mass is 468 g/mol. The maximum Gasteiger partial charge on any atom is 0.277 e. The molecule has 0 spiro atoms. The molecule has 1 unspecified atom stereocenters. The van der Waals surface area contributed by atoms with Crippen LogP contribution in [0, 0.1) is 17.5 Å². The number of amides is 2. The summed E-state index contributed by atoms with van der Waals surface area (Å²) in [6, 6.07) is 0.874. The van der Waals surface area contributed by atoms with Gasteiger partial charge in [0.2, 0.25) is 5.43 Å². The Bertz CT molecular complexity index is 1190. The Kier molecular flexibility index (Phi) is 5.76. The molecule has 0 saturated carbocycles. The predicted octanol–water partition coefficient (Wildman–Crippen LogP) is -0.0541. The first-order valence-electron chi connectivity index (χ1n) is 9.80. The van der Waals surface area contributed by atoms with Crippen LogP contribution in [0.15, 0.2) is 16.9 Å². The predicted molar refractivity (Wildman–Crippen MR) is 106 cm³/mol. The van der Waals surface area contributed by atoms with Gasteiger partial charge >= 0.3 is 0 Å². The first-order valence-corrected chi connectivity index (χ1v) is 9.80. The number of nitrogens with zero attached hydrogens (tertiary/aromatic N) is 3. The van der Waals surface area contributed by atoms with Crippen molar-refractivity contribution in [1.82, 2.24) is 14.9 Å². The van der Waals surface area contributed by atoms with Gasteiger partial charge in [0.25, 0.3) is 11.8 Å². The molecule has 0 aliphatic carbocycles. The fourth-order valence-electron chi connectivity index (χ4n) is 3.95. The zero-order valence-electron chi connectivity index (χ0n) is 17.3. The number of carbonyl (C=O) groups is 2. The molecule has 0 bridgehead atoms. The first kappa shape index (κ1) is 22.6. The molecule has 1 atom stereocenters. The van der Waals surface area contributed by atoms with Crippen molar-refractivity contribution in [3.63, 3.8) is 0 Å². The lowest BCUT2D eigenvalue weighted by Gasteiger charge is -2.37. The second-order valence-corrected chi connectivity index (χ2v) is 7.54. The van der Waals surface area contributed by atoms with Gasteiger partial charge in [0.15, 0.2) is 11.4 Å². The van der Waals surface area contributed by atoms with Gasteiger partial charge in [0.1, 0.15) is 35.8 Å². The minimum atomic E-state index is -1.37. The molecule has 1 aromatic heterocycles. The Balaban J connectivity index is 1.72. The number of aliphatic hydroxyl groups excluding tert-OH is 1. The molecule has 176 valence electrons. The first-order chi connectivity index (χ1) is 15.6. The van der Waals surface area contributed by atoms with Crippen LogP contribution in [0.4, 0.5) is 13.2 Å². The van der Waals surface area contributed by atoms with Gasteiger partial charge in [-0.3, -0.25) is 19.4 Å². The van der Waals surface area contributed by atoms with E-state index in [9.17, 15) is 37.8 Å². The second kappa shape index (κ2) is 8.41. The van der Waals surface area contributed by atoms with Crippen LogP contribution in [0.2, 0.25) is 0 Å². The van der Waals surface area contributed by atoms with E-state index in [0.717, 1.165) is 4.68 Å². The molecule has 33 heavy (non-hydrogen) atoms. The van der Waals surface area contributed by atoms with Crippen molar-refractivity contribution in [2.75, 3.05) is 38.5 Å². The number of hydrogen-bond acceptors (Lipinski definition) is 7. The van der Waals surface area contributed by atoms with E-state index in [4.69, 9.17) is 4.74 Å². The summed E-state index contributed by atoms with van der Waals surface area (Å²) in [7, 11) is 1.44. The fraction of sp³-hybridized carbons (Fsp3) is 0.350. The average Bonchev–Trinajstić information content (AvgIpc) is 3.06. The number of ether oxygens (including phenoxy) is 1.